The monoisotopic (exact) mass is 342 g/mol. The summed E-state index contributed by atoms with van der Waals surface area (Å²) in [6.07, 6.45) is 3.30. The summed E-state index contributed by atoms with van der Waals surface area (Å²) in [6.45, 7) is 9.10. The van der Waals surface area contributed by atoms with Gasteiger partial charge >= 0.3 is 0 Å². The Morgan fingerprint density at radius 3 is 3.12 bits per heavy atom. The number of piperidine rings is 1. The summed E-state index contributed by atoms with van der Waals surface area (Å²) in [5.74, 6) is 1.05. The van der Waals surface area contributed by atoms with Crippen LogP contribution in [0.4, 0.5) is 5.95 Å². The molecule has 2 aromatic rings. The van der Waals surface area contributed by atoms with Crippen molar-refractivity contribution >= 4 is 22.9 Å². The van der Waals surface area contributed by atoms with Crippen LogP contribution < -0.4 is 10.2 Å². The number of benzene rings is 1. The van der Waals surface area contributed by atoms with Crippen LogP contribution in [0.1, 0.15) is 19.8 Å². The lowest BCUT2D eigenvalue weighted by Gasteiger charge is -2.33. The third kappa shape index (κ3) is 3.78. The molecule has 0 unspecified atom stereocenters. The van der Waals surface area contributed by atoms with Crippen molar-refractivity contribution < 1.29 is 9.53 Å². The number of para-hydroxylation sites is 2. The molecule has 1 saturated heterocycles. The molecule has 0 aliphatic carbocycles. The lowest BCUT2D eigenvalue weighted by Crippen LogP contribution is -2.44. The smallest absolute Gasteiger partial charge is 0.225 e. The number of imidazole rings is 1. The predicted octanol–water partition coefficient (Wildman–Crippen LogP) is 2.55. The number of aryl methyl sites for hydroxylation is 1. The van der Waals surface area contributed by atoms with Gasteiger partial charge in [-0.2, -0.15) is 0 Å². The number of hydrogen-bond acceptors (Lipinski definition) is 4. The molecule has 25 heavy (non-hydrogen) atoms. The Bertz CT molecular complexity index is 740. The van der Waals surface area contributed by atoms with Crippen LogP contribution in [0.25, 0.3) is 11.0 Å². The number of amides is 1. The van der Waals surface area contributed by atoms with Crippen LogP contribution >= 0.6 is 0 Å². The van der Waals surface area contributed by atoms with E-state index < -0.39 is 0 Å². The minimum Gasteiger partial charge on any atom is -0.500 e. The molecule has 0 bridgehead atoms. The molecule has 3 rings (SSSR count). The molecule has 1 N–H and O–H groups in total. The fourth-order valence-electron chi connectivity index (χ4n) is 3.45. The molecule has 1 aromatic heterocycles. The van der Waals surface area contributed by atoms with Crippen molar-refractivity contribution in [3.8, 4) is 0 Å². The van der Waals surface area contributed by atoms with Crippen molar-refractivity contribution in [2.75, 3.05) is 31.1 Å². The number of rotatable bonds is 7. The van der Waals surface area contributed by atoms with Crippen molar-refractivity contribution in [3.63, 3.8) is 0 Å². The normalized spacial score (nSPS) is 17.5. The first-order chi connectivity index (χ1) is 12.2. The SMILES string of the molecule is C=COCCNC(=O)[C@@H]1CCCN(c2nc3ccccc3n2CC)C1. The van der Waals surface area contributed by atoms with Crippen molar-refractivity contribution in [1.29, 1.82) is 0 Å². The van der Waals surface area contributed by atoms with Gasteiger partial charge in [0.15, 0.2) is 0 Å². The summed E-state index contributed by atoms with van der Waals surface area (Å²) in [5, 5.41) is 2.95. The van der Waals surface area contributed by atoms with Crippen molar-refractivity contribution in [2.24, 2.45) is 5.92 Å². The van der Waals surface area contributed by atoms with E-state index in [4.69, 9.17) is 9.72 Å². The highest BCUT2D eigenvalue weighted by Gasteiger charge is 2.28. The van der Waals surface area contributed by atoms with Crippen LogP contribution in [0, 0.1) is 5.92 Å². The van der Waals surface area contributed by atoms with Gasteiger partial charge in [-0.25, -0.2) is 4.98 Å². The van der Waals surface area contributed by atoms with Gasteiger partial charge in [0.25, 0.3) is 0 Å². The molecule has 134 valence electrons. The van der Waals surface area contributed by atoms with Gasteiger partial charge in [-0.15, -0.1) is 0 Å². The average molecular weight is 342 g/mol. The lowest BCUT2D eigenvalue weighted by atomic mass is 9.97. The zero-order valence-corrected chi connectivity index (χ0v) is 14.8. The molecule has 0 radical (unpaired) electrons. The molecule has 1 fully saturated rings. The Labute approximate surface area is 148 Å². The van der Waals surface area contributed by atoms with Crippen LogP contribution in [0.5, 0.6) is 0 Å². The van der Waals surface area contributed by atoms with Gasteiger partial charge in [-0.3, -0.25) is 4.79 Å². The van der Waals surface area contributed by atoms with Crippen LogP contribution in [0.3, 0.4) is 0 Å². The maximum absolute atomic E-state index is 12.4. The number of aromatic nitrogens is 2. The zero-order chi connectivity index (χ0) is 17.6. The fraction of sp³-hybridized carbons (Fsp3) is 0.474. The molecule has 6 heteroatoms. The van der Waals surface area contributed by atoms with E-state index in [1.807, 2.05) is 18.2 Å². The van der Waals surface area contributed by atoms with Gasteiger partial charge < -0.3 is 19.5 Å². The van der Waals surface area contributed by atoms with Gasteiger partial charge in [-0.1, -0.05) is 18.7 Å². The quantitative estimate of drug-likeness (QED) is 0.620. The van der Waals surface area contributed by atoms with Crippen molar-refractivity contribution in [2.45, 2.75) is 26.3 Å². The summed E-state index contributed by atoms with van der Waals surface area (Å²) in [7, 11) is 0. The molecular weight excluding hydrogens is 316 g/mol. The topological polar surface area (TPSA) is 59.4 Å². The van der Waals surface area contributed by atoms with Gasteiger partial charge in [0.2, 0.25) is 11.9 Å². The molecule has 1 aromatic carbocycles. The van der Waals surface area contributed by atoms with Gasteiger partial charge in [-0.05, 0) is 31.9 Å². The summed E-state index contributed by atoms with van der Waals surface area (Å²) in [6, 6.07) is 8.19. The predicted molar refractivity (Wildman–Crippen MR) is 99.5 cm³/mol. The maximum atomic E-state index is 12.4. The number of fused-ring (bicyclic) bond motifs is 1. The van der Waals surface area contributed by atoms with E-state index in [1.165, 1.54) is 6.26 Å². The van der Waals surface area contributed by atoms with E-state index in [0.717, 1.165) is 42.9 Å². The third-order valence-corrected chi connectivity index (χ3v) is 4.66. The van der Waals surface area contributed by atoms with Gasteiger partial charge in [0, 0.05) is 19.6 Å². The zero-order valence-electron chi connectivity index (χ0n) is 14.8. The molecule has 1 aliphatic rings. The average Bonchev–Trinajstić information content (AvgIpc) is 3.04. The summed E-state index contributed by atoms with van der Waals surface area (Å²) >= 11 is 0. The number of anilines is 1. The van der Waals surface area contributed by atoms with Crippen LogP contribution in [-0.2, 0) is 16.1 Å². The highest BCUT2D eigenvalue weighted by Crippen LogP contribution is 2.27. The van der Waals surface area contributed by atoms with E-state index >= 15 is 0 Å². The molecule has 1 atom stereocenters. The van der Waals surface area contributed by atoms with Crippen LogP contribution in [0.15, 0.2) is 37.1 Å². The molecule has 1 aliphatic heterocycles. The Morgan fingerprint density at radius 2 is 2.32 bits per heavy atom. The second kappa shape index (κ2) is 8.05. The Morgan fingerprint density at radius 1 is 1.48 bits per heavy atom. The fourth-order valence-corrected chi connectivity index (χ4v) is 3.45. The molecule has 0 saturated carbocycles. The first-order valence-corrected chi connectivity index (χ1v) is 8.95. The van der Waals surface area contributed by atoms with E-state index in [-0.39, 0.29) is 11.8 Å². The first-order valence-electron chi connectivity index (χ1n) is 8.95. The molecule has 1 amide bonds. The second-order valence-corrected chi connectivity index (χ2v) is 6.26. The first kappa shape index (κ1) is 17.3. The third-order valence-electron chi connectivity index (χ3n) is 4.66. The number of ether oxygens (including phenoxy) is 1. The Hall–Kier alpha value is -2.50. The highest BCUT2D eigenvalue weighted by molar-refractivity contribution is 5.81. The standard InChI is InChI=1S/C19H26N4O2/c1-3-23-17-10-6-5-9-16(17)21-19(23)22-12-7-8-15(14-22)18(24)20-11-13-25-4-2/h4-6,9-10,15H,2-3,7-8,11-14H2,1H3,(H,20,24)/t15-/m1/s1. The molecule has 0 spiro atoms. The number of hydrogen-bond donors (Lipinski definition) is 1. The minimum atomic E-state index is -0.0115. The maximum Gasteiger partial charge on any atom is 0.225 e. The minimum absolute atomic E-state index is 0.0115. The second-order valence-electron chi connectivity index (χ2n) is 6.26. The van der Waals surface area contributed by atoms with Gasteiger partial charge in [0.1, 0.15) is 6.61 Å². The summed E-state index contributed by atoms with van der Waals surface area (Å²) in [5.41, 5.74) is 2.15. The van der Waals surface area contributed by atoms with E-state index in [9.17, 15) is 4.79 Å². The lowest BCUT2D eigenvalue weighted by molar-refractivity contribution is -0.125. The van der Waals surface area contributed by atoms with Crippen molar-refractivity contribution in [3.05, 3.63) is 37.1 Å². The van der Waals surface area contributed by atoms with E-state index in [2.05, 4.69) is 34.4 Å². The Balaban J connectivity index is 1.71. The molecule has 6 nitrogen and oxygen atoms in total. The van der Waals surface area contributed by atoms with Crippen LogP contribution in [0.2, 0.25) is 0 Å². The van der Waals surface area contributed by atoms with E-state index in [1.54, 1.807) is 0 Å². The Kier molecular flexibility index (Phi) is 5.58. The van der Waals surface area contributed by atoms with E-state index in [0.29, 0.717) is 19.7 Å². The number of nitrogens with one attached hydrogen (secondary N) is 1. The molecular formula is C19H26N4O2. The summed E-state index contributed by atoms with van der Waals surface area (Å²) in [4.78, 5) is 19.5. The van der Waals surface area contributed by atoms with Gasteiger partial charge in [0.05, 0.1) is 29.8 Å². The van der Waals surface area contributed by atoms with Crippen molar-refractivity contribution in [1.82, 2.24) is 14.9 Å². The number of carbonyl (C=O) groups is 1. The van der Waals surface area contributed by atoms with Crippen LogP contribution in [-0.4, -0.2) is 41.7 Å². The molecule has 2 heterocycles. The highest BCUT2D eigenvalue weighted by atomic mass is 16.5. The number of carbonyl (C=O) groups excluding carboxylic acids is 1. The largest absolute Gasteiger partial charge is 0.500 e. The summed E-state index contributed by atoms with van der Waals surface area (Å²) < 4.78 is 7.28. The number of nitrogens with zero attached hydrogens (tertiary/aromatic N) is 3.